The quantitative estimate of drug-likeness (QED) is 0.600. The highest BCUT2D eigenvalue weighted by molar-refractivity contribution is 6.04. The van der Waals surface area contributed by atoms with Crippen LogP contribution in [0.1, 0.15) is 18.9 Å². The van der Waals surface area contributed by atoms with E-state index in [4.69, 9.17) is 0 Å². The smallest absolute Gasteiger partial charge is 0.251 e. The van der Waals surface area contributed by atoms with E-state index in [9.17, 15) is 4.79 Å². The Morgan fingerprint density at radius 2 is 1.81 bits per heavy atom. The van der Waals surface area contributed by atoms with Gasteiger partial charge in [0.25, 0.3) is 5.95 Å². The third-order valence-corrected chi connectivity index (χ3v) is 4.42. The molecule has 1 amide bonds. The van der Waals surface area contributed by atoms with Gasteiger partial charge in [-0.25, -0.2) is 0 Å². The summed E-state index contributed by atoms with van der Waals surface area (Å²) in [7, 11) is 0. The second kappa shape index (κ2) is 6.92. The molecule has 2 aromatic heterocycles. The number of rotatable bonds is 5. The van der Waals surface area contributed by atoms with Gasteiger partial charge in [0.15, 0.2) is 5.65 Å². The van der Waals surface area contributed by atoms with Gasteiger partial charge in [-0.05, 0) is 25.0 Å². The number of anilines is 1. The molecule has 0 saturated carbocycles. The van der Waals surface area contributed by atoms with Crippen LogP contribution < -0.4 is 5.32 Å². The Morgan fingerprint density at radius 3 is 2.62 bits per heavy atom. The summed E-state index contributed by atoms with van der Waals surface area (Å²) in [5.41, 5.74) is 3.69. The maximum absolute atomic E-state index is 12.2. The summed E-state index contributed by atoms with van der Waals surface area (Å²) in [5, 5.41) is 12.2. The van der Waals surface area contributed by atoms with Crippen LogP contribution in [-0.4, -0.2) is 25.7 Å². The first-order valence-corrected chi connectivity index (χ1v) is 8.71. The summed E-state index contributed by atoms with van der Waals surface area (Å²) < 4.78 is 2.08. The monoisotopic (exact) mass is 345 g/mol. The lowest BCUT2D eigenvalue weighted by Gasteiger charge is -2.05. The number of hydrogen-bond donors (Lipinski definition) is 1. The van der Waals surface area contributed by atoms with Crippen LogP contribution in [0.15, 0.2) is 54.6 Å². The molecule has 1 N–H and O–H groups in total. The molecule has 0 saturated heterocycles. The average molecular weight is 345 g/mol. The lowest BCUT2D eigenvalue weighted by molar-refractivity contribution is -0.116. The maximum Gasteiger partial charge on any atom is 0.251 e. The van der Waals surface area contributed by atoms with Crippen LogP contribution in [0.2, 0.25) is 0 Å². The molecule has 4 rings (SSSR count). The number of nitrogens with one attached hydrogen (secondary N) is 1. The van der Waals surface area contributed by atoms with Crippen LogP contribution in [0, 0.1) is 0 Å². The van der Waals surface area contributed by atoms with Crippen molar-refractivity contribution in [2.24, 2.45) is 0 Å². The van der Waals surface area contributed by atoms with Gasteiger partial charge in [0.2, 0.25) is 5.91 Å². The number of para-hydroxylation sites is 1. The maximum atomic E-state index is 12.2. The van der Waals surface area contributed by atoms with Gasteiger partial charge in [0, 0.05) is 18.4 Å². The van der Waals surface area contributed by atoms with Gasteiger partial charge in [-0.1, -0.05) is 48.5 Å². The minimum atomic E-state index is -0.117. The Bertz CT molecular complexity index is 1070. The van der Waals surface area contributed by atoms with E-state index in [2.05, 4.69) is 32.0 Å². The van der Waals surface area contributed by atoms with Crippen LogP contribution in [0.5, 0.6) is 0 Å². The van der Waals surface area contributed by atoms with Gasteiger partial charge in [0.1, 0.15) is 5.52 Å². The summed E-state index contributed by atoms with van der Waals surface area (Å²) in [6.45, 7) is 2.83. The van der Waals surface area contributed by atoms with E-state index in [0.29, 0.717) is 12.8 Å². The van der Waals surface area contributed by atoms with Crippen molar-refractivity contribution in [2.45, 2.75) is 26.3 Å². The summed E-state index contributed by atoms with van der Waals surface area (Å²) in [4.78, 5) is 16.8. The Morgan fingerprint density at radius 1 is 1.04 bits per heavy atom. The highest BCUT2D eigenvalue weighted by Crippen LogP contribution is 2.26. The lowest BCUT2D eigenvalue weighted by Crippen LogP contribution is -2.15. The Hall–Kier alpha value is -3.28. The van der Waals surface area contributed by atoms with Crippen molar-refractivity contribution in [1.82, 2.24) is 19.7 Å². The van der Waals surface area contributed by atoms with Crippen molar-refractivity contribution >= 4 is 33.9 Å². The number of nitrogens with zero attached hydrogens (tertiary/aromatic N) is 4. The summed E-state index contributed by atoms with van der Waals surface area (Å²) >= 11 is 0. The minimum Gasteiger partial charge on any atom is -0.324 e. The van der Waals surface area contributed by atoms with Crippen molar-refractivity contribution in [1.29, 1.82) is 0 Å². The molecule has 0 spiro atoms. The second-order valence-electron chi connectivity index (χ2n) is 6.10. The molecule has 2 aromatic carbocycles. The highest BCUT2D eigenvalue weighted by atomic mass is 16.1. The number of carbonyl (C=O) groups excluding carboxylic acids is 1. The fraction of sp³-hybridized carbons (Fsp3) is 0.200. The van der Waals surface area contributed by atoms with Crippen LogP contribution in [0.25, 0.3) is 22.1 Å². The van der Waals surface area contributed by atoms with Crippen molar-refractivity contribution in [3.05, 3.63) is 60.2 Å². The number of fused-ring (bicyclic) bond motifs is 3. The van der Waals surface area contributed by atoms with Crippen LogP contribution in [-0.2, 0) is 17.8 Å². The molecule has 0 fully saturated rings. The molecule has 6 heteroatoms. The topological polar surface area (TPSA) is 72.7 Å². The predicted octanol–water partition coefficient (Wildman–Crippen LogP) is 3.57. The Balaban J connectivity index is 1.57. The molecule has 0 aliphatic heterocycles. The summed E-state index contributed by atoms with van der Waals surface area (Å²) in [5.74, 6) is 0.127. The van der Waals surface area contributed by atoms with Crippen LogP contribution in [0.3, 0.4) is 0 Å². The third-order valence-electron chi connectivity index (χ3n) is 4.42. The molecule has 0 radical (unpaired) electrons. The molecule has 0 aliphatic rings. The fourth-order valence-corrected chi connectivity index (χ4v) is 3.17. The predicted molar refractivity (Wildman–Crippen MR) is 102 cm³/mol. The molecule has 0 aliphatic carbocycles. The highest BCUT2D eigenvalue weighted by Gasteiger charge is 2.14. The number of aryl methyl sites for hydroxylation is 2. The van der Waals surface area contributed by atoms with Gasteiger partial charge in [0.05, 0.1) is 5.52 Å². The number of hydrogen-bond acceptors (Lipinski definition) is 4. The first-order valence-electron chi connectivity index (χ1n) is 8.71. The van der Waals surface area contributed by atoms with E-state index >= 15 is 0 Å². The Kier molecular flexibility index (Phi) is 4.31. The number of amides is 1. The minimum absolute atomic E-state index is 0.117. The summed E-state index contributed by atoms with van der Waals surface area (Å²) in [6.07, 6.45) is 1.06. The number of aromatic nitrogens is 4. The third kappa shape index (κ3) is 3.01. The molecule has 2 heterocycles. The average Bonchev–Trinajstić information content (AvgIpc) is 3.00. The molecule has 0 atom stereocenters. The van der Waals surface area contributed by atoms with E-state index in [0.717, 1.165) is 34.2 Å². The first kappa shape index (κ1) is 16.2. The molecule has 130 valence electrons. The zero-order valence-corrected chi connectivity index (χ0v) is 14.5. The molecule has 26 heavy (non-hydrogen) atoms. The van der Waals surface area contributed by atoms with Crippen molar-refractivity contribution < 1.29 is 4.79 Å². The summed E-state index contributed by atoms with van der Waals surface area (Å²) in [6, 6.07) is 17.9. The number of benzene rings is 2. The first-order chi connectivity index (χ1) is 12.8. The van der Waals surface area contributed by atoms with E-state index in [1.807, 2.05) is 54.6 Å². The molecule has 0 unspecified atom stereocenters. The zero-order valence-electron chi connectivity index (χ0n) is 14.5. The van der Waals surface area contributed by atoms with E-state index in [1.54, 1.807) is 0 Å². The number of carbonyl (C=O) groups is 1. The molecular formula is C20H19N5O. The Labute approximate surface area is 150 Å². The van der Waals surface area contributed by atoms with Gasteiger partial charge in [-0.15, -0.1) is 10.2 Å². The normalized spacial score (nSPS) is 11.1. The van der Waals surface area contributed by atoms with Crippen LogP contribution in [0.4, 0.5) is 5.95 Å². The molecule has 0 bridgehead atoms. The van der Waals surface area contributed by atoms with Gasteiger partial charge in [-0.2, -0.15) is 4.98 Å². The molecule has 6 nitrogen and oxygen atoms in total. The van der Waals surface area contributed by atoms with Crippen molar-refractivity contribution in [3.63, 3.8) is 0 Å². The van der Waals surface area contributed by atoms with Gasteiger partial charge < -0.3 is 4.57 Å². The lowest BCUT2D eigenvalue weighted by atomic mass is 10.1. The zero-order chi connectivity index (χ0) is 17.9. The van der Waals surface area contributed by atoms with E-state index in [1.165, 1.54) is 0 Å². The SMILES string of the molecule is CCn1c2ccccc2c2nnc(NC(=O)CCc3ccccc3)nc21. The van der Waals surface area contributed by atoms with Crippen LogP contribution >= 0.6 is 0 Å². The largest absolute Gasteiger partial charge is 0.324 e. The second-order valence-corrected chi connectivity index (χ2v) is 6.10. The molecule has 4 aromatic rings. The standard InChI is InChI=1S/C20H19N5O/c1-2-25-16-11-7-6-10-15(16)18-19(25)22-20(24-23-18)21-17(26)13-12-14-8-4-3-5-9-14/h3-11H,2,12-13H2,1H3,(H,21,22,24,26). The van der Waals surface area contributed by atoms with Gasteiger partial charge >= 0.3 is 0 Å². The molecular weight excluding hydrogens is 326 g/mol. The van der Waals surface area contributed by atoms with Crippen molar-refractivity contribution in [3.8, 4) is 0 Å². The van der Waals surface area contributed by atoms with E-state index < -0.39 is 0 Å². The van der Waals surface area contributed by atoms with E-state index in [-0.39, 0.29) is 11.9 Å². The van der Waals surface area contributed by atoms with Crippen molar-refractivity contribution in [2.75, 3.05) is 5.32 Å². The fourth-order valence-electron chi connectivity index (χ4n) is 3.17. The van der Waals surface area contributed by atoms with Gasteiger partial charge in [-0.3, -0.25) is 10.1 Å².